The van der Waals surface area contributed by atoms with Gasteiger partial charge in [-0.3, -0.25) is 0 Å². The molecule has 0 saturated heterocycles. The number of aromatic hydroxyl groups is 1. The maximum absolute atomic E-state index is 9.27. The topological polar surface area (TPSA) is 54.4 Å². The van der Waals surface area contributed by atoms with Crippen LogP contribution in [0.2, 0.25) is 0 Å². The summed E-state index contributed by atoms with van der Waals surface area (Å²) >= 11 is 1.56. The minimum Gasteiger partial charge on any atom is -0.508 e. The Morgan fingerprint density at radius 1 is 1.14 bits per heavy atom. The third-order valence-electron chi connectivity index (χ3n) is 2.98. The first-order valence-corrected chi connectivity index (χ1v) is 7.22. The van der Waals surface area contributed by atoms with Gasteiger partial charge in [0.2, 0.25) is 0 Å². The Bertz CT molecular complexity index is 738. The molecule has 0 bridgehead atoms. The highest BCUT2D eigenvalue weighted by atomic mass is 32.1. The Kier molecular flexibility index (Phi) is 3.75. The lowest BCUT2D eigenvalue weighted by Crippen LogP contribution is -1.87. The van der Waals surface area contributed by atoms with Crippen molar-refractivity contribution >= 4 is 22.2 Å². The van der Waals surface area contributed by atoms with E-state index in [-0.39, 0.29) is 5.75 Å². The van der Waals surface area contributed by atoms with E-state index >= 15 is 0 Å². The molecule has 0 aliphatic rings. The minimum atomic E-state index is 0.247. The van der Waals surface area contributed by atoms with Crippen LogP contribution in [-0.2, 0) is 0 Å². The Labute approximate surface area is 126 Å². The van der Waals surface area contributed by atoms with Gasteiger partial charge in [-0.2, -0.15) is 0 Å². The van der Waals surface area contributed by atoms with Gasteiger partial charge < -0.3 is 15.2 Å². The largest absolute Gasteiger partial charge is 0.508 e. The van der Waals surface area contributed by atoms with E-state index in [9.17, 15) is 5.11 Å². The lowest BCUT2D eigenvalue weighted by atomic mass is 10.2. The number of benzene rings is 2. The van der Waals surface area contributed by atoms with E-state index in [0.717, 1.165) is 27.0 Å². The second-order valence-electron chi connectivity index (χ2n) is 4.43. The van der Waals surface area contributed by atoms with Crippen LogP contribution in [0.3, 0.4) is 0 Å². The summed E-state index contributed by atoms with van der Waals surface area (Å²) in [5.41, 5.74) is 1.96. The fourth-order valence-electron chi connectivity index (χ4n) is 1.91. The van der Waals surface area contributed by atoms with Gasteiger partial charge in [0.05, 0.1) is 12.0 Å². The number of rotatable bonds is 4. The highest BCUT2D eigenvalue weighted by Crippen LogP contribution is 2.32. The number of aromatic nitrogens is 1. The summed E-state index contributed by atoms with van der Waals surface area (Å²) in [6, 6.07) is 14.8. The van der Waals surface area contributed by atoms with E-state index < -0.39 is 0 Å². The fraction of sp³-hybridized carbons (Fsp3) is 0.0625. The predicted octanol–water partition coefficient (Wildman–Crippen LogP) is 4.27. The zero-order chi connectivity index (χ0) is 14.7. The normalized spacial score (nSPS) is 10.3. The second kappa shape index (κ2) is 5.85. The summed E-state index contributed by atoms with van der Waals surface area (Å²) in [6.07, 6.45) is 1.84. The van der Waals surface area contributed by atoms with Gasteiger partial charge in [0.15, 0.2) is 5.13 Å². The molecule has 0 unspecified atom stereocenters. The molecule has 4 nitrogen and oxygen atoms in total. The average molecular weight is 298 g/mol. The standard InChI is InChI=1S/C16H14N2O2S/c1-20-14-4-2-3-11(9-14)15-10-17-16(21-15)18-12-5-7-13(19)8-6-12/h2-10,19H,1H3,(H,17,18). The molecule has 2 N–H and O–H groups in total. The van der Waals surface area contributed by atoms with E-state index in [4.69, 9.17) is 4.74 Å². The van der Waals surface area contributed by atoms with Crippen LogP contribution in [-0.4, -0.2) is 17.2 Å². The first kappa shape index (κ1) is 13.5. The van der Waals surface area contributed by atoms with Gasteiger partial charge in [0, 0.05) is 11.9 Å². The molecular weight excluding hydrogens is 284 g/mol. The van der Waals surface area contributed by atoms with Crippen molar-refractivity contribution in [1.29, 1.82) is 0 Å². The molecule has 106 valence electrons. The zero-order valence-electron chi connectivity index (χ0n) is 11.4. The predicted molar refractivity (Wildman–Crippen MR) is 85.5 cm³/mol. The van der Waals surface area contributed by atoms with Gasteiger partial charge in [0.25, 0.3) is 0 Å². The van der Waals surface area contributed by atoms with Crippen molar-refractivity contribution in [3.63, 3.8) is 0 Å². The van der Waals surface area contributed by atoms with E-state index in [2.05, 4.69) is 10.3 Å². The Morgan fingerprint density at radius 2 is 1.95 bits per heavy atom. The van der Waals surface area contributed by atoms with Crippen LogP contribution in [0.15, 0.2) is 54.7 Å². The lowest BCUT2D eigenvalue weighted by molar-refractivity contribution is 0.415. The molecule has 1 aromatic heterocycles. The summed E-state index contributed by atoms with van der Waals surface area (Å²) in [7, 11) is 1.66. The van der Waals surface area contributed by atoms with Gasteiger partial charge in [-0.1, -0.05) is 23.5 Å². The molecule has 21 heavy (non-hydrogen) atoms. The highest BCUT2D eigenvalue weighted by Gasteiger charge is 2.06. The quantitative estimate of drug-likeness (QED) is 0.706. The molecule has 0 aliphatic heterocycles. The Hall–Kier alpha value is -2.53. The monoisotopic (exact) mass is 298 g/mol. The van der Waals surface area contributed by atoms with Gasteiger partial charge in [-0.25, -0.2) is 4.98 Å². The summed E-state index contributed by atoms with van der Waals surface area (Å²) in [5.74, 6) is 1.07. The smallest absolute Gasteiger partial charge is 0.187 e. The van der Waals surface area contributed by atoms with Crippen molar-refractivity contribution in [2.24, 2.45) is 0 Å². The molecule has 5 heteroatoms. The minimum absolute atomic E-state index is 0.247. The average Bonchev–Trinajstić information content (AvgIpc) is 2.98. The summed E-state index contributed by atoms with van der Waals surface area (Å²) in [4.78, 5) is 5.43. The van der Waals surface area contributed by atoms with Gasteiger partial charge >= 0.3 is 0 Å². The van der Waals surface area contributed by atoms with Crippen LogP contribution < -0.4 is 10.1 Å². The Balaban J connectivity index is 1.81. The van der Waals surface area contributed by atoms with Crippen LogP contribution in [0.5, 0.6) is 11.5 Å². The maximum atomic E-state index is 9.27. The lowest BCUT2D eigenvalue weighted by Gasteiger charge is -2.02. The first-order chi connectivity index (χ1) is 10.2. The number of methoxy groups -OCH3 is 1. The van der Waals surface area contributed by atoms with Crippen molar-refractivity contribution in [2.45, 2.75) is 0 Å². The first-order valence-electron chi connectivity index (χ1n) is 6.41. The molecule has 0 fully saturated rings. The van der Waals surface area contributed by atoms with E-state index in [0.29, 0.717) is 0 Å². The number of nitrogens with zero attached hydrogens (tertiary/aromatic N) is 1. The number of thiazole rings is 1. The molecule has 2 aromatic carbocycles. The fourth-order valence-corrected chi connectivity index (χ4v) is 2.74. The molecule has 0 spiro atoms. The van der Waals surface area contributed by atoms with E-state index in [1.54, 1.807) is 30.6 Å². The van der Waals surface area contributed by atoms with Crippen LogP contribution in [0.1, 0.15) is 0 Å². The van der Waals surface area contributed by atoms with Crippen molar-refractivity contribution in [2.75, 3.05) is 12.4 Å². The number of hydrogen-bond acceptors (Lipinski definition) is 5. The summed E-state index contributed by atoms with van der Waals surface area (Å²) in [5, 5.41) is 13.3. The number of phenolic OH excluding ortho intramolecular Hbond substituents is 1. The Morgan fingerprint density at radius 3 is 2.71 bits per heavy atom. The number of ether oxygens (including phenoxy) is 1. The van der Waals surface area contributed by atoms with E-state index in [1.807, 2.05) is 42.6 Å². The van der Waals surface area contributed by atoms with Crippen LogP contribution >= 0.6 is 11.3 Å². The van der Waals surface area contributed by atoms with Crippen molar-refractivity contribution in [1.82, 2.24) is 4.98 Å². The van der Waals surface area contributed by atoms with Crippen molar-refractivity contribution in [3.8, 4) is 21.9 Å². The van der Waals surface area contributed by atoms with Gasteiger partial charge in [-0.15, -0.1) is 0 Å². The summed E-state index contributed by atoms with van der Waals surface area (Å²) < 4.78 is 5.23. The maximum Gasteiger partial charge on any atom is 0.187 e. The van der Waals surface area contributed by atoms with Crippen LogP contribution in [0.4, 0.5) is 10.8 Å². The number of phenols is 1. The van der Waals surface area contributed by atoms with Crippen LogP contribution in [0, 0.1) is 0 Å². The molecular formula is C16H14N2O2S. The second-order valence-corrected chi connectivity index (χ2v) is 5.46. The number of hydrogen-bond donors (Lipinski definition) is 2. The third-order valence-corrected chi connectivity index (χ3v) is 3.94. The molecule has 0 radical (unpaired) electrons. The molecule has 1 heterocycles. The molecule has 0 atom stereocenters. The number of anilines is 2. The van der Waals surface area contributed by atoms with E-state index in [1.165, 1.54) is 0 Å². The van der Waals surface area contributed by atoms with Gasteiger partial charge in [0.1, 0.15) is 11.5 Å². The summed E-state index contributed by atoms with van der Waals surface area (Å²) in [6.45, 7) is 0. The highest BCUT2D eigenvalue weighted by molar-refractivity contribution is 7.18. The van der Waals surface area contributed by atoms with Crippen molar-refractivity contribution in [3.05, 3.63) is 54.7 Å². The van der Waals surface area contributed by atoms with Crippen LogP contribution in [0.25, 0.3) is 10.4 Å². The molecule has 0 aliphatic carbocycles. The van der Waals surface area contributed by atoms with Gasteiger partial charge in [-0.05, 0) is 42.0 Å². The SMILES string of the molecule is COc1cccc(-c2cnc(Nc3ccc(O)cc3)s2)c1. The molecule has 3 rings (SSSR count). The number of nitrogens with one attached hydrogen (secondary N) is 1. The third kappa shape index (κ3) is 3.14. The molecule has 3 aromatic rings. The molecule has 0 amide bonds. The molecule has 0 saturated carbocycles. The van der Waals surface area contributed by atoms with Crippen molar-refractivity contribution < 1.29 is 9.84 Å². The zero-order valence-corrected chi connectivity index (χ0v) is 12.2.